The normalized spacial score (nSPS) is 44.3. The Morgan fingerprint density at radius 2 is 1.63 bits per heavy atom. The van der Waals surface area contributed by atoms with E-state index in [-0.39, 0.29) is 52.5 Å². The van der Waals surface area contributed by atoms with Crippen LogP contribution in [0, 0.1) is 50.2 Å². The SMILES string of the molecule is COC(=O)[C@@]1(C)CC[C@]2(C(=O)NCCCNCc3ccccc3)CC[C@]3(C)C(=CCC4[C@@]5(C)C[C@H](O)[C@H](O)[C@@](C)(CO)C5CC[C@]43C)C2C1. The summed E-state index contributed by atoms with van der Waals surface area (Å²) < 4.78 is 5.36. The van der Waals surface area contributed by atoms with Gasteiger partial charge < -0.3 is 30.7 Å². The Hall–Kier alpha value is -2.26. The highest BCUT2D eigenvalue weighted by atomic mass is 16.5. The van der Waals surface area contributed by atoms with Gasteiger partial charge in [-0.2, -0.15) is 0 Å². The standard InChI is InChI=1S/C41H62N2O6/c1-36(35(48)49-6)17-19-41(34(47)43-22-10-21-42-25-27-11-8-7-9-12-27)20-18-39(4)28(29(41)23-36)13-14-32-37(2)24-30(45)33(46)38(3,26-44)31(37)15-16-40(32,39)5/h7-9,11-13,29-33,42,44-46H,10,14-26H2,1-6H3,(H,43,47)/t29?,30-,31?,32?,33-,36-,37-,38-,39+,40+,41-/m0/s1. The van der Waals surface area contributed by atoms with E-state index in [1.54, 1.807) is 0 Å². The van der Waals surface area contributed by atoms with Crippen molar-refractivity contribution in [3.63, 3.8) is 0 Å². The second kappa shape index (κ2) is 13.1. The summed E-state index contributed by atoms with van der Waals surface area (Å²) in [7, 11) is 1.47. The molecule has 0 aliphatic heterocycles. The highest BCUT2D eigenvalue weighted by Gasteiger charge is 2.70. The number of aliphatic hydroxyl groups is 3. The van der Waals surface area contributed by atoms with Gasteiger partial charge in [0.2, 0.25) is 5.91 Å². The van der Waals surface area contributed by atoms with Gasteiger partial charge in [0.1, 0.15) is 0 Å². The van der Waals surface area contributed by atoms with Gasteiger partial charge in [0, 0.05) is 18.5 Å². The molecule has 0 bridgehead atoms. The smallest absolute Gasteiger partial charge is 0.311 e. The van der Waals surface area contributed by atoms with Crippen LogP contribution in [-0.4, -0.2) is 66.2 Å². The second-order valence-electron chi connectivity index (χ2n) is 17.9. The lowest BCUT2D eigenvalue weighted by Crippen LogP contribution is -2.68. The Bertz CT molecular complexity index is 1430. The van der Waals surface area contributed by atoms with Crippen LogP contribution in [0.4, 0.5) is 0 Å². The van der Waals surface area contributed by atoms with Crippen LogP contribution in [-0.2, 0) is 20.9 Å². The maximum absolute atomic E-state index is 14.5. The summed E-state index contributed by atoms with van der Waals surface area (Å²) in [5.74, 6) is 0.213. The number of methoxy groups -OCH3 is 1. The van der Waals surface area contributed by atoms with Crippen LogP contribution in [0.1, 0.15) is 104 Å². The van der Waals surface area contributed by atoms with Gasteiger partial charge in [-0.15, -0.1) is 0 Å². The number of aliphatic hydroxyl groups excluding tert-OH is 3. The predicted octanol–water partition coefficient (Wildman–Crippen LogP) is 5.54. The average Bonchev–Trinajstić information content (AvgIpc) is 3.09. The summed E-state index contributed by atoms with van der Waals surface area (Å²) in [6, 6.07) is 10.3. The van der Waals surface area contributed by atoms with Crippen molar-refractivity contribution >= 4 is 11.9 Å². The van der Waals surface area contributed by atoms with E-state index >= 15 is 0 Å². The van der Waals surface area contributed by atoms with Gasteiger partial charge in [0.05, 0.1) is 36.8 Å². The molecule has 5 N–H and O–H groups in total. The maximum Gasteiger partial charge on any atom is 0.311 e. The first-order valence-electron chi connectivity index (χ1n) is 18.9. The number of carbonyl (C=O) groups excluding carboxylic acids is 2. The molecule has 6 rings (SSSR count). The van der Waals surface area contributed by atoms with E-state index in [1.807, 2.05) is 32.0 Å². The molecule has 1 amide bonds. The largest absolute Gasteiger partial charge is 0.469 e. The third kappa shape index (κ3) is 5.53. The number of benzene rings is 1. The number of rotatable bonds is 9. The van der Waals surface area contributed by atoms with E-state index in [4.69, 9.17) is 4.74 Å². The van der Waals surface area contributed by atoms with Gasteiger partial charge in [0.25, 0.3) is 0 Å². The Kier molecular flexibility index (Phi) is 9.73. The van der Waals surface area contributed by atoms with Crippen molar-refractivity contribution in [3.8, 4) is 0 Å². The maximum atomic E-state index is 14.5. The molecule has 0 spiro atoms. The van der Waals surface area contributed by atoms with E-state index in [0.717, 1.165) is 51.6 Å². The molecule has 49 heavy (non-hydrogen) atoms. The first-order valence-corrected chi connectivity index (χ1v) is 18.9. The number of amides is 1. The van der Waals surface area contributed by atoms with Gasteiger partial charge >= 0.3 is 5.97 Å². The average molecular weight is 679 g/mol. The van der Waals surface area contributed by atoms with Crippen LogP contribution < -0.4 is 10.6 Å². The monoisotopic (exact) mass is 678 g/mol. The second-order valence-corrected chi connectivity index (χ2v) is 17.9. The van der Waals surface area contributed by atoms with Crippen LogP contribution in [0.5, 0.6) is 0 Å². The van der Waals surface area contributed by atoms with E-state index in [0.29, 0.717) is 32.2 Å². The fourth-order valence-corrected chi connectivity index (χ4v) is 12.5. The summed E-state index contributed by atoms with van der Waals surface area (Å²) in [6.07, 6.45) is 8.18. The van der Waals surface area contributed by atoms with Crippen LogP contribution in [0.3, 0.4) is 0 Å². The van der Waals surface area contributed by atoms with Gasteiger partial charge in [0.15, 0.2) is 0 Å². The molecule has 0 aromatic heterocycles. The number of hydrogen-bond acceptors (Lipinski definition) is 7. The molecule has 11 atom stereocenters. The van der Waals surface area contributed by atoms with Crippen LogP contribution >= 0.6 is 0 Å². The van der Waals surface area contributed by atoms with E-state index in [9.17, 15) is 24.9 Å². The molecule has 3 unspecified atom stereocenters. The van der Waals surface area contributed by atoms with Crippen LogP contribution in [0.25, 0.3) is 0 Å². The number of allylic oxidation sites excluding steroid dienone is 2. The molecule has 5 aliphatic rings. The lowest BCUT2D eigenvalue weighted by molar-refractivity contribution is -0.243. The van der Waals surface area contributed by atoms with Gasteiger partial charge in [-0.05, 0) is 117 Å². The van der Waals surface area contributed by atoms with Gasteiger partial charge in [-0.3, -0.25) is 9.59 Å². The summed E-state index contributed by atoms with van der Waals surface area (Å²) >= 11 is 0. The lowest BCUT2D eigenvalue weighted by Gasteiger charge is -2.71. The van der Waals surface area contributed by atoms with Gasteiger partial charge in [-0.1, -0.05) is 69.7 Å². The summed E-state index contributed by atoms with van der Waals surface area (Å²) in [5, 5.41) is 39.8. The predicted molar refractivity (Wildman–Crippen MR) is 190 cm³/mol. The molecule has 1 aromatic carbocycles. The molecule has 8 nitrogen and oxygen atoms in total. The molecule has 8 heteroatoms. The molecule has 4 saturated carbocycles. The van der Waals surface area contributed by atoms with Crippen LogP contribution in [0.2, 0.25) is 0 Å². The molecule has 272 valence electrons. The number of carbonyl (C=O) groups is 2. The Labute approximate surface area is 293 Å². The summed E-state index contributed by atoms with van der Waals surface area (Å²) in [5.41, 5.74) is 0.0444. The van der Waals surface area contributed by atoms with Crippen molar-refractivity contribution in [1.82, 2.24) is 10.6 Å². The first-order chi connectivity index (χ1) is 23.1. The third-order valence-corrected chi connectivity index (χ3v) is 15.6. The fraction of sp³-hybridized carbons (Fsp3) is 0.756. The minimum Gasteiger partial charge on any atom is -0.469 e. The molecule has 0 heterocycles. The van der Waals surface area contributed by atoms with Crippen molar-refractivity contribution in [2.45, 2.75) is 118 Å². The Balaban J connectivity index is 1.27. The zero-order chi connectivity index (χ0) is 35.5. The molecule has 0 radical (unpaired) electrons. The zero-order valence-electron chi connectivity index (χ0n) is 30.8. The van der Waals surface area contributed by atoms with E-state index in [1.165, 1.54) is 18.2 Å². The third-order valence-electron chi connectivity index (χ3n) is 15.6. The molecular formula is C41H62N2O6. The first kappa shape index (κ1) is 36.5. The molecule has 0 saturated heterocycles. The van der Waals surface area contributed by atoms with Crippen LogP contribution in [0.15, 0.2) is 42.0 Å². The zero-order valence-corrected chi connectivity index (χ0v) is 30.8. The van der Waals surface area contributed by atoms with E-state index < -0.39 is 28.5 Å². The molecular weight excluding hydrogens is 616 g/mol. The Morgan fingerprint density at radius 1 is 0.918 bits per heavy atom. The minimum absolute atomic E-state index is 0.0647. The number of ether oxygens (including phenoxy) is 1. The van der Waals surface area contributed by atoms with Crippen molar-refractivity contribution in [1.29, 1.82) is 0 Å². The fourth-order valence-electron chi connectivity index (χ4n) is 12.5. The van der Waals surface area contributed by atoms with Crippen molar-refractivity contribution in [2.75, 3.05) is 26.8 Å². The lowest BCUT2D eigenvalue weighted by atomic mass is 9.33. The number of hydrogen-bond donors (Lipinski definition) is 5. The quantitative estimate of drug-likeness (QED) is 0.132. The highest BCUT2D eigenvalue weighted by Crippen LogP contribution is 2.75. The number of esters is 1. The van der Waals surface area contributed by atoms with E-state index in [2.05, 4.69) is 49.6 Å². The molecule has 1 aromatic rings. The van der Waals surface area contributed by atoms with Crippen molar-refractivity contribution < 1.29 is 29.6 Å². The minimum atomic E-state index is -0.947. The van der Waals surface area contributed by atoms with Gasteiger partial charge in [-0.25, -0.2) is 0 Å². The summed E-state index contributed by atoms with van der Waals surface area (Å²) in [4.78, 5) is 27.7. The topological polar surface area (TPSA) is 128 Å². The summed E-state index contributed by atoms with van der Waals surface area (Å²) in [6.45, 7) is 13.2. The number of fused-ring (bicyclic) bond motifs is 7. The van der Waals surface area contributed by atoms with Crippen molar-refractivity contribution in [2.24, 2.45) is 50.2 Å². The van der Waals surface area contributed by atoms with Crippen molar-refractivity contribution in [3.05, 3.63) is 47.5 Å². The molecule has 5 aliphatic carbocycles. The molecule has 4 fully saturated rings. The Morgan fingerprint density at radius 3 is 2.33 bits per heavy atom. The number of nitrogens with one attached hydrogen (secondary N) is 2. The highest BCUT2D eigenvalue weighted by molar-refractivity contribution is 5.85.